The van der Waals surface area contributed by atoms with Gasteiger partial charge in [-0.15, -0.1) is 47.5 Å². The lowest BCUT2D eigenvalue weighted by atomic mass is 10.4. The molecule has 1 amide bonds. The van der Waals surface area contributed by atoms with E-state index < -0.39 is 0 Å². The third-order valence-corrected chi connectivity index (χ3v) is 3.84. The molecule has 19 heavy (non-hydrogen) atoms. The van der Waals surface area contributed by atoms with Crippen molar-refractivity contribution in [2.45, 2.75) is 20.0 Å². The van der Waals surface area contributed by atoms with E-state index in [0.717, 1.165) is 14.9 Å². The Hall–Kier alpha value is -0.730. The standard InChI is InChI=1S/C10H12N4OS2.2ClH/c1-6-12-3-7(17-6)4-13-10(15)8-5-16-9(2-11)14-8;;/h3,5H,2,4,11H2,1H3,(H,13,15);2*1H. The van der Waals surface area contributed by atoms with Crippen LogP contribution in [-0.4, -0.2) is 15.9 Å². The van der Waals surface area contributed by atoms with Gasteiger partial charge in [-0.1, -0.05) is 0 Å². The Morgan fingerprint density at radius 1 is 1.47 bits per heavy atom. The molecule has 0 aromatic carbocycles. The van der Waals surface area contributed by atoms with E-state index in [9.17, 15) is 4.79 Å². The first-order chi connectivity index (χ1) is 8.19. The minimum atomic E-state index is -0.174. The Bertz CT molecular complexity index is 529. The minimum Gasteiger partial charge on any atom is -0.346 e. The van der Waals surface area contributed by atoms with Gasteiger partial charge in [-0.25, -0.2) is 9.97 Å². The summed E-state index contributed by atoms with van der Waals surface area (Å²) in [4.78, 5) is 21.0. The second-order valence-electron chi connectivity index (χ2n) is 3.36. The highest BCUT2D eigenvalue weighted by Gasteiger charge is 2.10. The van der Waals surface area contributed by atoms with Gasteiger partial charge in [-0.2, -0.15) is 0 Å². The van der Waals surface area contributed by atoms with E-state index in [4.69, 9.17) is 5.73 Å². The van der Waals surface area contributed by atoms with E-state index >= 15 is 0 Å². The van der Waals surface area contributed by atoms with E-state index in [2.05, 4.69) is 15.3 Å². The SMILES string of the molecule is Cc1ncc(CNC(=O)c2csc(CN)n2)s1.Cl.Cl. The number of hydrogen-bond donors (Lipinski definition) is 2. The van der Waals surface area contributed by atoms with E-state index in [-0.39, 0.29) is 30.7 Å². The molecule has 0 fully saturated rings. The number of aromatic nitrogens is 2. The van der Waals surface area contributed by atoms with E-state index in [1.54, 1.807) is 22.9 Å². The van der Waals surface area contributed by atoms with Crippen LogP contribution >= 0.6 is 47.5 Å². The molecule has 0 atom stereocenters. The van der Waals surface area contributed by atoms with Crippen molar-refractivity contribution in [1.29, 1.82) is 0 Å². The van der Waals surface area contributed by atoms with Gasteiger partial charge in [0.05, 0.1) is 11.6 Å². The highest BCUT2D eigenvalue weighted by atomic mass is 35.5. The third-order valence-electron chi connectivity index (χ3n) is 2.05. The Labute approximate surface area is 131 Å². The van der Waals surface area contributed by atoms with Crippen LogP contribution < -0.4 is 11.1 Å². The molecule has 5 nitrogen and oxygen atoms in total. The van der Waals surface area contributed by atoms with Crippen LogP contribution in [0, 0.1) is 6.92 Å². The maximum absolute atomic E-state index is 11.7. The van der Waals surface area contributed by atoms with Gasteiger partial charge in [0.2, 0.25) is 0 Å². The predicted octanol–water partition coefficient (Wildman–Crippen LogP) is 2.14. The topological polar surface area (TPSA) is 80.9 Å². The van der Waals surface area contributed by atoms with Crippen LogP contribution in [0.5, 0.6) is 0 Å². The fourth-order valence-electron chi connectivity index (χ4n) is 1.25. The Morgan fingerprint density at radius 2 is 2.21 bits per heavy atom. The number of thiazole rings is 2. The number of nitrogens with zero attached hydrogens (tertiary/aromatic N) is 2. The summed E-state index contributed by atoms with van der Waals surface area (Å²) in [6.07, 6.45) is 1.77. The van der Waals surface area contributed by atoms with Crippen LogP contribution in [-0.2, 0) is 13.1 Å². The summed E-state index contributed by atoms with van der Waals surface area (Å²) in [5.41, 5.74) is 5.87. The van der Waals surface area contributed by atoms with Crippen molar-refractivity contribution in [3.63, 3.8) is 0 Å². The first kappa shape index (κ1) is 18.3. The molecule has 0 radical (unpaired) electrons. The number of carbonyl (C=O) groups excluding carboxylic acids is 1. The van der Waals surface area contributed by atoms with Crippen molar-refractivity contribution in [3.05, 3.63) is 32.2 Å². The first-order valence-corrected chi connectivity index (χ1v) is 6.72. The van der Waals surface area contributed by atoms with Gasteiger partial charge >= 0.3 is 0 Å². The smallest absolute Gasteiger partial charge is 0.271 e. The van der Waals surface area contributed by atoms with Crippen molar-refractivity contribution in [2.75, 3.05) is 0 Å². The summed E-state index contributed by atoms with van der Waals surface area (Å²) in [5, 5.41) is 6.28. The molecule has 2 heterocycles. The number of rotatable bonds is 4. The zero-order chi connectivity index (χ0) is 12.3. The molecule has 106 valence electrons. The van der Waals surface area contributed by atoms with Gasteiger partial charge in [-0.3, -0.25) is 4.79 Å². The molecule has 0 bridgehead atoms. The van der Waals surface area contributed by atoms with Crippen molar-refractivity contribution < 1.29 is 4.79 Å². The zero-order valence-electron chi connectivity index (χ0n) is 10.1. The normalized spacial score (nSPS) is 9.37. The number of amides is 1. The van der Waals surface area contributed by atoms with Gasteiger partial charge in [0.15, 0.2) is 0 Å². The molecule has 0 spiro atoms. The van der Waals surface area contributed by atoms with Gasteiger partial charge in [-0.05, 0) is 6.92 Å². The zero-order valence-corrected chi connectivity index (χ0v) is 13.3. The van der Waals surface area contributed by atoms with Gasteiger partial charge < -0.3 is 11.1 Å². The fraction of sp³-hybridized carbons (Fsp3) is 0.300. The fourth-order valence-corrected chi connectivity index (χ4v) is 2.64. The Kier molecular flexibility index (Phi) is 8.12. The molecule has 2 rings (SSSR count). The molecule has 0 aliphatic rings. The van der Waals surface area contributed by atoms with Crippen LogP contribution in [0.2, 0.25) is 0 Å². The average molecular weight is 341 g/mol. The largest absolute Gasteiger partial charge is 0.346 e. The molecule has 0 aliphatic heterocycles. The highest BCUT2D eigenvalue weighted by molar-refractivity contribution is 7.11. The van der Waals surface area contributed by atoms with E-state index in [1.165, 1.54) is 11.3 Å². The number of halogens is 2. The molecule has 0 saturated heterocycles. The van der Waals surface area contributed by atoms with E-state index in [1.807, 2.05) is 6.92 Å². The van der Waals surface area contributed by atoms with Gasteiger partial charge in [0.25, 0.3) is 5.91 Å². The van der Waals surface area contributed by atoms with Crippen LogP contribution in [0.15, 0.2) is 11.6 Å². The summed E-state index contributed by atoms with van der Waals surface area (Å²) in [5.74, 6) is -0.174. The summed E-state index contributed by atoms with van der Waals surface area (Å²) >= 11 is 2.97. The molecule has 3 N–H and O–H groups in total. The summed E-state index contributed by atoms with van der Waals surface area (Å²) in [6, 6.07) is 0. The number of nitrogens with two attached hydrogens (primary N) is 1. The maximum atomic E-state index is 11.7. The maximum Gasteiger partial charge on any atom is 0.271 e. The van der Waals surface area contributed by atoms with Crippen molar-refractivity contribution in [2.24, 2.45) is 5.73 Å². The second-order valence-corrected chi connectivity index (χ2v) is 5.62. The summed E-state index contributed by atoms with van der Waals surface area (Å²) in [6.45, 7) is 2.79. The molecule has 0 aliphatic carbocycles. The van der Waals surface area contributed by atoms with Crippen LogP contribution in [0.3, 0.4) is 0 Å². The summed E-state index contributed by atoms with van der Waals surface area (Å²) in [7, 11) is 0. The quantitative estimate of drug-likeness (QED) is 0.893. The number of aryl methyl sites for hydroxylation is 1. The van der Waals surface area contributed by atoms with Gasteiger partial charge in [0.1, 0.15) is 10.7 Å². The van der Waals surface area contributed by atoms with Crippen LogP contribution in [0.25, 0.3) is 0 Å². The van der Waals surface area contributed by atoms with E-state index in [0.29, 0.717) is 18.8 Å². The number of nitrogens with one attached hydrogen (secondary N) is 1. The third kappa shape index (κ3) is 5.04. The predicted molar refractivity (Wildman–Crippen MR) is 82.5 cm³/mol. The first-order valence-electron chi connectivity index (χ1n) is 5.03. The number of carbonyl (C=O) groups is 1. The molecule has 9 heteroatoms. The summed E-state index contributed by atoms with van der Waals surface area (Å²) < 4.78 is 0. The lowest BCUT2D eigenvalue weighted by Gasteiger charge is -1.99. The highest BCUT2D eigenvalue weighted by Crippen LogP contribution is 2.12. The molecule has 2 aromatic rings. The molecule has 0 unspecified atom stereocenters. The molecule has 2 aromatic heterocycles. The van der Waals surface area contributed by atoms with Crippen molar-refractivity contribution >= 4 is 53.4 Å². The lowest BCUT2D eigenvalue weighted by Crippen LogP contribution is -2.22. The number of hydrogen-bond acceptors (Lipinski definition) is 6. The average Bonchev–Trinajstić information content (AvgIpc) is 2.94. The minimum absolute atomic E-state index is 0. The second kappa shape index (κ2) is 8.44. The van der Waals surface area contributed by atoms with Crippen LogP contribution in [0.4, 0.5) is 0 Å². The van der Waals surface area contributed by atoms with Gasteiger partial charge in [0, 0.05) is 23.0 Å². The lowest BCUT2D eigenvalue weighted by molar-refractivity contribution is 0.0947. The Morgan fingerprint density at radius 3 is 2.74 bits per heavy atom. The van der Waals surface area contributed by atoms with Crippen molar-refractivity contribution in [1.82, 2.24) is 15.3 Å². The monoisotopic (exact) mass is 340 g/mol. The molecule has 0 saturated carbocycles. The molecular formula is C10H14Cl2N4OS2. The van der Waals surface area contributed by atoms with Crippen LogP contribution in [0.1, 0.15) is 25.4 Å². The molecular weight excluding hydrogens is 327 g/mol. The Balaban J connectivity index is 0.00000162. The van der Waals surface area contributed by atoms with Crippen molar-refractivity contribution in [3.8, 4) is 0 Å².